The monoisotopic (exact) mass is 352 g/mol. The molecular weight excluding hydrogens is 332 g/mol. The van der Waals surface area contributed by atoms with Crippen LogP contribution in [-0.4, -0.2) is 34.4 Å². The first-order valence-corrected chi connectivity index (χ1v) is 8.59. The van der Waals surface area contributed by atoms with Crippen molar-refractivity contribution < 1.29 is 9.53 Å². The molecule has 2 aromatic carbocycles. The van der Waals surface area contributed by atoms with Crippen LogP contribution in [0.1, 0.15) is 18.1 Å². The molecule has 25 heavy (non-hydrogen) atoms. The standard InChI is InChI=1S/C20H20N2O2S/c1-3-22-19(23)17(21(2)20(22)25)13-16-11-7-8-12-18(16)24-14-15-9-5-4-6-10-15/h4-13H,3,14H2,1-2H3/b17-13-. The van der Waals surface area contributed by atoms with Gasteiger partial charge in [-0.3, -0.25) is 9.69 Å². The molecule has 0 saturated carbocycles. The third-order valence-corrected chi connectivity index (χ3v) is 4.60. The van der Waals surface area contributed by atoms with E-state index in [0.29, 0.717) is 24.0 Å². The molecule has 5 heteroatoms. The molecule has 2 aromatic rings. The highest BCUT2D eigenvalue weighted by Gasteiger charge is 2.34. The van der Waals surface area contributed by atoms with Crippen molar-refractivity contribution in [3.63, 3.8) is 0 Å². The number of nitrogens with zero attached hydrogens (tertiary/aromatic N) is 2. The molecule has 0 aromatic heterocycles. The van der Waals surface area contributed by atoms with Crippen molar-refractivity contribution in [3.05, 3.63) is 71.4 Å². The van der Waals surface area contributed by atoms with E-state index in [1.807, 2.05) is 74.6 Å². The molecule has 0 N–H and O–H groups in total. The Morgan fingerprint density at radius 1 is 1.08 bits per heavy atom. The lowest BCUT2D eigenvalue weighted by atomic mass is 10.1. The van der Waals surface area contributed by atoms with Gasteiger partial charge < -0.3 is 9.64 Å². The average Bonchev–Trinajstić information content (AvgIpc) is 2.85. The molecule has 1 aliphatic heterocycles. The maximum absolute atomic E-state index is 12.5. The zero-order valence-corrected chi connectivity index (χ0v) is 15.1. The van der Waals surface area contributed by atoms with Gasteiger partial charge in [-0.2, -0.15) is 0 Å². The van der Waals surface area contributed by atoms with Crippen molar-refractivity contribution in [1.82, 2.24) is 9.80 Å². The normalized spacial score (nSPS) is 16.0. The van der Waals surface area contributed by atoms with Crippen molar-refractivity contribution in [2.45, 2.75) is 13.5 Å². The Bertz CT molecular complexity index is 817. The van der Waals surface area contributed by atoms with Gasteiger partial charge in [-0.15, -0.1) is 0 Å². The average molecular weight is 352 g/mol. The number of carbonyl (C=O) groups excluding carboxylic acids is 1. The molecule has 0 radical (unpaired) electrons. The first-order chi connectivity index (χ1) is 12.1. The number of carbonyl (C=O) groups is 1. The summed E-state index contributed by atoms with van der Waals surface area (Å²) in [5, 5.41) is 0.529. The van der Waals surface area contributed by atoms with Gasteiger partial charge in [-0.1, -0.05) is 48.5 Å². The molecule has 0 spiro atoms. The van der Waals surface area contributed by atoms with E-state index in [1.165, 1.54) is 0 Å². The summed E-state index contributed by atoms with van der Waals surface area (Å²) in [4.78, 5) is 15.9. The van der Waals surface area contributed by atoms with Crippen LogP contribution in [0, 0.1) is 0 Å². The molecule has 1 aliphatic rings. The van der Waals surface area contributed by atoms with Crippen LogP contribution in [0.2, 0.25) is 0 Å². The number of amides is 1. The number of rotatable bonds is 5. The van der Waals surface area contributed by atoms with Gasteiger partial charge in [0.25, 0.3) is 5.91 Å². The number of likely N-dealkylation sites (N-methyl/N-ethyl adjacent to an activating group) is 2. The molecule has 1 saturated heterocycles. The van der Waals surface area contributed by atoms with Crippen LogP contribution < -0.4 is 4.74 Å². The van der Waals surface area contributed by atoms with Gasteiger partial charge in [-0.25, -0.2) is 0 Å². The zero-order valence-electron chi connectivity index (χ0n) is 14.3. The van der Waals surface area contributed by atoms with E-state index in [2.05, 4.69) is 0 Å². The maximum Gasteiger partial charge on any atom is 0.276 e. The zero-order chi connectivity index (χ0) is 17.8. The summed E-state index contributed by atoms with van der Waals surface area (Å²) in [6.45, 7) is 2.95. The fourth-order valence-electron chi connectivity index (χ4n) is 2.70. The van der Waals surface area contributed by atoms with Gasteiger partial charge in [-0.05, 0) is 36.8 Å². The maximum atomic E-state index is 12.5. The molecule has 0 atom stereocenters. The van der Waals surface area contributed by atoms with E-state index in [1.54, 1.807) is 9.80 Å². The van der Waals surface area contributed by atoms with Crippen LogP contribution in [0.5, 0.6) is 5.75 Å². The molecule has 128 valence electrons. The number of para-hydroxylation sites is 1. The summed E-state index contributed by atoms with van der Waals surface area (Å²) in [6, 6.07) is 17.7. The Kier molecular flexibility index (Phi) is 5.14. The molecule has 3 rings (SSSR count). The van der Waals surface area contributed by atoms with Crippen molar-refractivity contribution in [3.8, 4) is 5.75 Å². The number of thiocarbonyl (C=S) groups is 1. The van der Waals surface area contributed by atoms with Crippen molar-refractivity contribution in [1.29, 1.82) is 0 Å². The summed E-state index contributed by atoms with van der Waals surface area (Å²) < 4.78 is 5.96. The van der Waals surface area contributed by atoms with Crippen molar-refractivity contribution in [2.24, 2.45) is 0 Å². The fourth-order valence-corrected chi connectivity index (χ4v) is 3.01. The van der Waals surface area contributed by atoms with E-state index < -0.39 is 0 Å². The van der Waals surface area contributed by atoms with E-state index in [9.17, 15) is 4.79 Å². The first-order valence-electron chi connectivity index (χ1n) is 8.18. The molecule has 1 amide bonds. The summed E-state index contributed by atoms with van der Waals surface area (Å²) in [5.74, 6) is 0.661. The third-order valence-electron chi connectivity index (χ3n) is 4.11. The second kappa shape index (κ2) is 7.49. The lowest BCUT2D eigenvalue weighted by Crippen LogP contribution is -2.30. The largest absolute Gasteiger partial charge is 0.488 e. The first kappa shape index (κ1) is 17.2. The minimum atomic E-state index is -0.0761. The quantitative estimate of drug-likeness (QED) is 0.607. The van der Waals surface area contributed by atoms with E-state index >= 15 is 0 Å². The van der Waals surface area contributed by atoms with Crippen LogP contribution in [0.4, 0.5) is 0 Å². The molecule has 0 aliphatic carbocycles. The van der Waals surface area contributed by atoms with Gasteiger partial charge in [0.05, 0.1) is 0 Å². The molecular formula is C20H20N2O2S. The Labute approximate surface area is 153 Å². The van der Waals surface area contributed by atoms with Gasteiger partial charge in [0.1, 0.15) is 18.1 Å². The molecule has 1 heterocycles. The predicted octanol–water partition coefficient (Wildman–Crippen LogP) is 3.69. The van der Waals surface area contributed by atoms with Crippen LogP contribution in [0.3, 0.4) is 0 Å². The summed E-state index contributed by atoms with van der Waals surface area (Å²) in [7, 11) is 1.81. The second-order valence-electron chi connectivity index (χ2n) is 5.73. The minimum Gasteiger partial charge on any atom is -0.488 e. The van der Waals surface area contributed by atoms with Crippen molar-refractivity contribution >= 4 is 29.3 Å². The molecule has 1 fully saturated rings. The van der Waals surface area contributed by atoms with Crippen LogP contribution in [0.15, 0.2) is 60.3 Å². The highest BCUT2D eigenvalue weighted by molar-refractivity contribution is 7.80. The van der Waals surface area contributed by atoms with Crippen LogP contribution in [0.25, 0.3) is 6.08 Å². The van der Waals surface area contributed by atoms with E-state index in [-0.39, 0.29) is 5.91 Å². The SMILES string of the molecule is CCN1C(=O)/C(=C/c2ccccc2OCc2ccccc2)N(C)C1=S. The number of hydrogen-bond donors (Lipinski definition) is 0. The van der Waals surface area contributed by atoms with Crippen LogP contribution in [-0.2, 0) is 11.4 Å². The predicted molar refractivity (Wildman–Crippen MR) is 103 cm³/mol. The smallest absolute Gasteiger partial charge is 0.276 e. The fraction of sp³-hybridized carbons (Fsp3) is 0.200. The topological polar surface area (TPSA) is 32.8 Å². The van der Waals surface area contributed by atoms with E-state index in [0.717, 1.165) is 16.9 Å². The van der Waals surface area contributed by atoms with Crippen molar-refractivity contribution in [2.75, 3.05) is 13.6 Å². The minimum absolute atomic E-state index is 0.0761. The summed E-state index contributed by atoms with van der Waals surface area (Å²) in [6.07, 6.45) is 1.84. The molecule has 0 unspecified atom stereocenters. The summed E-state index contributed by atoms with van der Waals surface area (Å²) >= 11 is 5.34. The summed E-state index contributed by atoms with van der Waals surface area (Å²) in [5.41, 5.74) is 2.51. The Hall–Kier alpha value is -2.66. The highest BCUT2D eigenvalue weighted by atomic mass is 32.1. The van der Waals surface area contributed by atoms with Gasteiger partial charge in [0, 0.05) is 19.2 Å². The highest BCUT2D eigenvalue weighted by Crippen LogP contribution is 2.26. The lowest BCUT2D eigenvalue weighted by molar-refractivity contribution is -0.122. The van der Waals surface area contributed by atoms with Gasteiger partial charge in [0.15, 0.2) is 5.11 Å². The van der Waals surface area contributed by atoms with Gasteiger partial charge >= 0.3 is 0 Å². The lowest BCUT2D eigenvalue weighted by Gasteiger charge is -2.14. The Morgan fingerprint density at radius 3 is 2.44 bits per heavy atom. The van der Waals surface area contributed by atoms with Crippen LogP contribution >= 0.6 is 12.2 Å². The Balaban J connectivity index is 1.86. The van der Waals surface area contributed by atoms with Gasteiger partial charge in [0.2, 0.25) is 0 Å². The number of benzene rings is 2. The molecule has 0 bridgehead atoms. The van der Waals surface area contributed by atoms with E-state index in [4.69, 9.17) is 17.0 Å². The number of ether oxygens (including phenoxy) is 1. The second-order valence-corrected chi connectivity index (χ2v) is 6.10. The third kappa shape index (κ3) is 3.56. The molecule has 4 nitrogen and oxygen atoms in total. The Morgan fingerprint density at radius 2 is 1.76 bits per heavy atom. The number of hydrogen-bond acceptors (Lipinski definition) is 3.